The quantitative estimate of drug-likeness (QED) is 0.860. The Kier molecular flexibility index (Phi) is 4.34. The number of carbonyl (C=O) groups excluding carboxylic acids is 1. The van der Waals surface area contributed by atoms with E-state index in [2.05, 4.69) is 34.3 Å². The summed E-state index contributed by atoms with van der Waals surface area (Å²) in [7, 11) is 1.95. The van der Waals surface area contributed by atoms with Gasteiger partial charge in [-0.15, -0.1) is 0 Å². The number of likely N-dealkylation sites (N-methyl/N-ethyl adjacent to an activating group) is 1. The molecule has 132 valence electrons. The third kappa shape index (κ3) is 3.09. The summed E-state index contributed by atoms with van der Waals surface area (Å²) < 4.78 is 1.93. The summed E-state index contributed by atoms with van der Waals surface area (Å²) in [5.74, 6) is 0.326. The molecule has 2 aliphatic heterocycles. The number of carbonyl (C=O) groups is 1. The molecule has 1 aromatic heterocycles. The highest BCUT2D eigenvalue weighted by Gasteiger charge is 2.49. The average Bonchev–Trinajstić information content (AvgIpc) is 3.26. The van der Waals surface area contributed by atoms with Crippen LogP contribution >= 0.6 is 0 Å². The minimum absolute atomic E-state index is 0.249. The molecule has 1 spiro atoms. The van der Waals surface area contributed by atoms with Crippen LogP contribution in [0.25, 0.3) is 0 Å². The summed E-state index contributed by atoms with van der Waals surface area (Å²) in [5.41, 5.74) is 2.28. The molecule has 2 saturated heterocycles. The third-order valence-electron chi connectivity index (χ3n) is 5.75. The summed E-state index contributed by atoms with van der Waals surface area (Å²) in [6, 6.07) is 10.7. The van der Waals surface area contributed by atoms with Gasteiger partial charge in [0, 0.05) is 32.5 Å². The molecular weight excluding hydrogens is 312 g/mol. The van der Waals surface area contributed by atoms with Crippen molar-refractivity contribution in [3.8, 4) is 0 Å². The van der Waals surface area contributed by atoms with Crippen molar-refractivity contribution in [2.24, 2.45) is 0 Å². The van der Waals surface area contributed by atoms with E-state index in [1.807, 2.05) is 28.9 Å². The van der Waals surface area contributed by atoms with Crippen LogP contribution in [0.1, 0.15) is 36.8 Å². The molecule has 2 aromatic rings. The molecule has 25 heavy (non-hydrogen) atoms. The average molecular weight is 338 g/mol. The summed E-state index contributed by atoms with van der Waals surface area (Å²) in [6.45, 7) is 3.58. The molecule has 0 N–H and O–H groups in total. The van der Waals surface area contributed by atoms with Gasteiger partial charge in [0.25, 0.3) is 0 Å². The minimum atomic E-state index is -0.249. The highest BCUT2D eigenvalue weighted by molar-refractivity contribution is 5.87. The van der Waals surface area contributed by atoms with E-state index in [0.717, 1.165) is 51.9 Å². The monoisotopic (exact) mass is 338 g/mol. The maximum absolute atomic E-state index is 12.9. The Balaban J connectivity index is 1.47. The lowest BCUT2D eigenvalue weighted by atomic mass is 9.85. The number of likely N-dealkylation sites (tertiary alicyclic amines) is 2. The van der Waals surface area contributed by atoms with Crippen LogP contribution in [0.2, 0.25) is 0 Å². The molecule has 5 heteroatoms. The largest absolute Gasteiger partial charge is 0.344 e. The van der Waals surface area contributed by atoms with E-state index in [-0.39, 0.29) is 5.54 Å². The first kappa shape index (κ1) is 16.3. The minimum Gasteiger partial charge on any atom is -0.344 e. The van der Waals surface area contributed by atoms with Gasteiger partial charge >= 0.3 is 0 Å². The highest BCUT2D eigenvalue weighted by Crippen LogP contribution is 2.38. The molecular formula is C20H26N4O. The number of piperidine rings is 1. The third-order valence-corrected chi connectivity index (χ3v) is 5.75. The second kappa shape index (κ2) is 6.64. The van der Waals surface area contributed by atoms with Crippen LogP contribution in [-0.4, -0.2) is 51.2 Å². The predicted octanol–water partition coefficient (Wildman–Crippen LogP) is 2.52. The zero-order chi connectivity index (χ0) is 17.3. The Hall–Kier alpha value is -2.14. The lowest BCUT2D eigenvalue weighted by Gasteiger charge is -2.43. The van der Waals surface area contributed by atoms with Crippen molar-refractivity contribution in [2.75, 3.05) is 20.1 Å². The van der Waals surface area contributed by atoms with Gasteiger partial charge in [0.15, 0.2) is 0 Å². The number of benzene rings is 1. The van der Waals surface area contributed by atoms with Crippen LogP contribution in [0.4, 0.5) is 0 Å². The number of hydrogen-bond acceptors (Lipinski definition) is 3. The van der Waals surface area contributed by atoms with E-state index in [4.69, 9.17) is 0 Å². The van der Waals surface area contributed by atoms with E-state index >= 15 is 0 Å². The van der Waals surface area contributed by atoms with Crippen molar-refractivity contribution in [1.29, 1.82) is 0 Å². The molecule has 0 radical (unpaired) electrons. The molecule has 1 unspecified atom stereocenters. The number of amides is 1. The summed E-state index contributed by atoms with van der Waals surface area (Å²) in [5, 5.41) is 4.26. The summed E-state index contributed by atoms with van der Waals surface area (Å²) >= 11 is 0. The van der Waals surface area contributed by atoms with E-state index in [9.17, 15) is 4.79 Å². The molecule has 0 aliphatic carbocycles. The van der Waals surface area contributed by atoms with Crippen molar-refractivity contribution >= 4 is 5.91 Å². The van der Waals surface area contributed by atoms with Crippen LogP contribution in [0.5, 0.6) is 0 Å². The van der Waals surface area contributed by atoms with Crippen LogP contribution in [-0.2, 0) is 17.9 Å². The predicted molar refractivity (Wildman–Crippen MR) is 97.0 cm³/mol. The first-order valence-electron chi connectivity index (χ1n) is 9.23. The second-order valence-corrected chi connectivity index (χ2v) is 7.41. The lowest BCUT2D eigenvalue weighted by Crippen LogP contribution is -2.58. The van der Waals surface area contributed by atoms with Crippen molar-refractivity contribution in [1.82, 2.24) is 19.6 Å². The normalized spacial score (nSPS) is 24.4. The molecule has 2 aliphatic rings. The first-order valence-corrected chi connectivity index (χ1v) is 9.23. The van der Waals surface area contributed by atoms with Gasteiger partial charge in [-0.05, 0) is 49.4 Å². The standard InChI is InChI=1S/C20H26N4O/c1-22-12-2-9-20(19(22)25)10-3-13-23(20)15-17-5-7-18(8-6-17)16-24-14-4-11-21-24/h4-8,11,14H,2-3,9-10,12-13,15-16H2,1H3. The van der Waals surface area contributed by atoms with Gasteiger partial charge in [0.2, 0.25) is 5.91 Å². The highest BCUT2D eigenvalue weighted by atomic mass is 16.2. The zero-order valence-electron chi connectivity index (χ0n) is 14.9. The van der Waals surface area contributed by atoms with Crippen molar-refractivity contribution in [2.45, 2.75) is 44.3 Å². The van der Waals surface area contributed by atoms with E-state index in [0.29, 0.717) is 5.91 Å². The van der Waals surface area contributed by atoms with Crippen LogP contribution in [0.15, 0.2) is 42.7 Å². The topological polar surface area (TPSA) is 41.4 Å². The van der Waals surface area contributed by atoms with Gasteiger partial charge in [0.05, 0.1) is 6.54 Å². The Morgan fingerprint density at radius 3 is 2.40 bits per heavy atom. The fourth-order valence-corrected chi connectivity index (χ4v) is 4.41. The lowest BCUT2D eigenvalue weighted by molar-refractivity contribution is -0.146. The van der Waals surface area contributed by atoms with Crippen molar-refractivity contribution < 1.29 is 4.79 Å². The molecule has 1 aromatic carbocycles. The van der Waals surface area contributed by atoms with Crippen molar-refractivity contribution in [3.05, 3.63) is 53.9 Å². The molecule has 1 atom stereocenters. The van der Waals surface area contributed by atoms with Gasteiger partial charge in [-0.25, -0.2) is 0 Å². The summed E-state index contributed by atoms with van der Waals surface area (Å²) in [4.78, 5) is 17.2. The van der Waals surface area contributed by atoms with E-state index in [1.165, 1.54) is 11.1 Å². The van der Waals surface area contributed by atoms with Crippen LogP contribution in [0, 0.1) is 0 Å². The smallest absolute Gasteiger partial charge is 0.242 e. The molecule has 0 saturated carbocycles. The molecule has 5 nitrogen and oxygen atoms in total. The number of rotatable bonds is 4. The fraction of sp³-hybridized carbons (Fsp3) is 0.500. The summed E-state index contributed by atoms with van der Waals surface area (Å²) in [6.07, 6.45) is 8.03. The maximum atomic E-state index is 12.9. The van der Waals surface area contributed by atoms with E-state index in [1.54, 1.807) is 6.20 Å². The fourth-order valence-electron chi connectivity index (χ4n) is 4.41. The van der Waals surface area contributed by atoms with E-state index < -0.39 is 0 Å². The molecule has 4 rings (SSSR count). The SMILES string of the molecule is CN1CCCC2(CCCN2Cc2ccc(Cn3cccn3)cc2)C1=O. The first-order chi connectivity index (χ1) is 12.2. The zero-order valence-corrected chi connectivity index (χ0v) is 14.9. The number of hydrogen-bond donors (Lipinski definition) is 0. The Morgan fingerprint density at radius 2 is 1.72 bits per heavy atom. The van der Waals surface area contributed by atoms with Crippen LogP contribution < -0.4 is 0 Å². The van der Waals surface area contributed by atoms with Gasteiger partial charge in [-0.2, -0.15) is 5.10 Å². The van der Waals surface area contributed by atoms with Crippen molar-refractivity contribution in [3.63, 3.8) is 0 Å². The second-order valence-electron chi connectivity index (χ2n) is 7.41. The molecule has 3 heterocycles. The Labute approximate surface area is 149 Å². The van der Waals surface area contributed by atoms with Gasteiger partial charge in [-0.1, -0.05) is 24.3 Å². The van der Waals surface area contributed by atoms with Gasteiger partial charge in [0.1, 0.15) is 5.54 Å². The molecule has 0 bridgehead atoms. The Bertz CT molecular complexity index is 725. The van der Waals surface area contributed by atoms with Gasteiger partial charge < -0.3 is 4.90 Å². The molecule has 2 fully saturated rings. The number of nitrogens with zero attached hydrogens (tertiary/aromatic N) is 4. The van der Waals surface area contributed by atoms with Gasteiger partial charge in [-0.3, -0.25) is 14.4 Å². The van der Waals surface area contributed by atoms with Crippen LogP contribution in [0.3, 0.4) is 0 Å². The molecule has 1 amide bonds. The Morgan fingerprint density at radius 1 is 1.04 bits per heavy atom. The number of aromatic nitrogens is 2. The maximum Gasteiger partial charge on any atom is 0.242 e.